The summed E-state index contributed by atoms with van der Waals surface area (Å²) in [7, 11) is 3.24. The minimum atomic E-state index is 0.614. The molecule has 0 aliphatic rings. The van der Waals surface area contributed by atoms with E-state index in [4.69, 9.17) is 9.47 Å². The van der Waals surface area contributed by atoms with Gasteiger partial charge in [-0.25, -0.2) is 4.98 Å². The largest absolute Gasteiger partial charge is 0.496 e. The van der Waals surface area contributed by atoms with Crippen LogP contribution in [0.1, 0.15) is 0 Å². The van der Waals surface area contributed by atoms with E-state index in [0.29, 0.717) is 23.1 Å². The Kier molecular flexibility index (Phi) is 3.55. The summed E-state index contributed by atoms with van der Waals surface area (Å²) in [5.74, 6) is 2.62. The molecule has 0 saturated carbocycles. The molecular formula is C16H15N3O2. The summed E-state index contributed by atoms with van der Waals surface area (Å²) in [6.45, 7) is 0. The standard InChI is InChI=1S/C16H15N3O2/c1-20-12-9-6-10-13(21-2)14(12)16-17-15(18-19-16)11-7-4-3-5-8-11/h3-10H,1-2H3,(H,17,18,19). The van der Waals surface area contributed by atoms with E-state index in [1.54, 1.807) is 14.2 Å². The monoisotopic (exact) mass is 281 g/mol. The highest BCUT2D eigenvalue weighted by molar-refractivity contribution is 5.73. The van der Waals surface area contributed by atoms with Crippen LogP contribution in [0.5, 0.6) is 11.5 Å². The van der Waals surface area contributed by atoms with Crippen molar-refractivity contribution in [3.05, 3.63) is 48.5 Å². The minimum absolute atomic E-state index is 0.614. The van der Waals surface area contributed by atoms with Gasteiger partial charge in [-0.15, -0.1) is 0 Å². The SMILES string of the molecule is COc1cccc(OC)c1-c1nc(-c2ccccc2)n[nH]1. The third kappa shape index (κ3) is 2.45. The third-order valence-corrected chi connectivity index (χ3v) is 3.18. The van der Waals surface area contributed by atoms with Crippen molar-refractivity contribution in [2.75, 3.05) is 14.2 Å². The van der Waals surface area contributed by atoms with Crippen molar-refractivity contribution in [1.29, 1.82) is 0 Å². The van der Waals surface area contributed by atoms with Gasteiger partial charge in [-0.2, -0.15) is 5.10 Å². The van der Waals surface area contributed by atoms with E-state index in [0.717, 1.165) is 11.1 Å². The molecule has 1 heterocycles. The fourth-order valence-electron chi connectivity index (χ4n) is 2.17. The van der Waals surface area contributed by atoms with Crippen LogP contribution in [0.15, 0.2) is 48.5 Å². The van der Waals surface area contributed by atoms with Gasteiger partial charge in [0.1, 0.15) is 17.1 Å². The number of nitrogens with zero attached hydrogens (tertiary/aromatic N) is 2. The molecule has 0 bridgehead atoms. The Labute approximate surface area is 122 Å². The van der Waals surface area contributed by atoms with Gasteiger partial charge >= 0.3 is 0 Å². The number of H-pyrrole nitrogens is 1. The minimum Gasteiger partial charge on any atom is -0.496 e. The number of hydrogen-bond acceptors (Lipinski definition) is 4. The van der Waals surface area contributed by atoms with Crippen LogP contribution in [0.3, 0.4) is 0 Å². The molecule has 5 heteroatoms. The maximum Gasteiger partial charge on any atom is 0.181 e. The molecule has 0 atom stereocenters. The number of hydrogen-bond donors (Lipinski definition) is 1. The molecule has 0 aliphatic heterocycles. The molecule has 1 N–H and O–H groups in total. The van der Waals surface area contributed by atoms with Gasteiger partial charge in [0.15, 0.2) is 11.6 Å². The van der Waals surface area contributed by atoms with Gasteiger partial charge in [-0.3, -0.25) is 5.10 Å². The van der Waals surface area contributed by atoms with Gasteiger partial charge in [0, 0.05) is 5.56 Å². The molecular weight excluding hydrogens is 266 g/mol. The second-order valence-corrected chi connectivity index (χ2v) is 4.41. The second kappa shape index (κ2) is 5.66. The molecule has 0 fully saturated rings. The van der Waals surface area contributed by atoms with Crippen molar-refractivity contribution in [3.8, 4) is 34.3 Å². The highest BCUT2D eigenvalue weighted by atomic mass is 16.5. The van der Waals surface area contributed by atoms with Gasteiger partial charge in [-0.05, 0) is 12.1 Å². The predicted octanol–water partition coefficient (Wildman–Crippen LogP) is 3.16. The number of nitrogens with one attached hydrogen (secondary N) is 1. The summed E-state index contributed by atoms with van der Waals surface area (Å²) in [5.41, 5.74) is 1.71. The lowest BCUT2D eigenvalue weighted by molar-refractivity contribution is 0.397. The summed E-state index contributed by atoms with van der Waals surface area (Å²) in [6, 6.07) is 15.4. The first kappa shape index (κ1) is 13.2. The Bertz CT molecular complexity index is 716. The van der Waals surface area contributed by atoms with E-state index in [2.05, 4.69) is 15.2 Å². The fraction of sp³-hybridized carbons (Fsp3) is 0.125. The van der Waals surface area contributed by atoms with Crippen LogP contribution in [0.25, 0.3) is 22.8 Å². The number of rotatable bonds is 4. The quantitative estimate of drug-likeness (QED) is 0.798. The van der Waals surface area contributed by atoms with Crippen molar-refractivity contribution < 1.29 is 9.47 Å². The molecule has 0 unspecified atom stereocenters. The first-order valence-corrected chi connectivity index (χ1v) is 6.52. The number of benzene rings is 2. The van der Waals surface area contributed by atoms with Crippen LogP contribution < -0.4 is 9.47 Å². The maximum atomic E-state index is 5.39. The fourth-order valence-corrected chi connectivity index (χ4v) is 2.17. The van der Waals surface area contributed by atoms with Crippen LogP contribution >= 0.6 is 0 Å². The van der Waals surface area contributed by atoms with Crippen molar-refractivity contribution in [2.45, 2.75) is 0 Å². The molecule has 106 valence electrons. The molecule has 0 amide bonds. The Balaban J connectivity index is 2.08. The Morgan fingerprint density at radius 3 is 2.14 bits per heavy atom. The lowest BCUT2D eigenvalue weighted by Crippen LogP contribution is -1.94. The van der Waals surface area contributed by atoms with Gasteiger partial charge in [-0.1, -0.05) is 36.4 Å². The number of ether oxygens (including phenoxy) is 2. The molecule has 3 rings (SSSR count). The van der Waals surface area contributed by atoms with Gasteiger partial charge in [0.2, 0.25) is 0 Å². The number of aromatic amines is 1. The molecule has 21 heavy (non-hydrogen) atoms. The second-order valence-electron chi connectivity index (χ2n) is 4.41. The molecule has 0 aliphatic carbocycles. The normalized spacial score (nSPS) is 10.4. The number of methoxy groups -OCH3 is 2. The highest BCUT2D eigenvalue weighted by Gasteiger charge is 2.16. The highest BCUT2D eigenvalue weighted by Crippen LogP contribution is 2.36. The topological polar surface area (TPSA) is 60.0 Å². The summed E-state index contributed by atoms with van der Waals surface area (Å²) < 4.78 is 10.8. The van der Waals surface area contributed by atoms with E-state index in [9.17, 15) is 0 Å². The van der Waals surface area contributed by atoms with E-state index >= 15 is 0 Å². The lowest BCUT2D eigenvalue weighted by atomic mass is 10.1. The Hall–Kier alpha value is -2.82. The van der Waals surface area contributed by atoms with Crippen LogP contribution in [-0.2, 0) is 0 Å². The predicted molar refractivity (Wildman–Crippen MR) is 80.4 cm³/mol. The van der Waals surface area contributed by atoms with Crippen molar-refractivity contribution in [1.82, 2.24) is 15.2 Å². The Morgan fingerprint density at radius 2 is 1.52 bits per heavy atom. The van der Waals surface area contributed by atoms with Crippen molar-refractivity contribution in [3.63, 3.8) is 0 Å². The first-order chi connectivity index (χ1) is 10.3. The molecule has 1 aromatic heterocycles. The molecule has 3 aromatic rings. The smallest absolute Gasteiger partial charge is 0.181 e. The zero-order valence-corrected chi connectivity index (χ0v) is 11.8. The van der Waals surface area contributed by atoms with Crippen LogP contribution in [0, 0.1) is 0 Å². The van der Waals surface area contributed by atoms with Crippen LogP contribution in [0.4, 0.5) is 0 Å². The number of aromatic nitrogens is 3. The average molecular weight is 281 g/mol. The average Bonchev–Trinajstić information content (AvgIpc) is 3.04. The van der Waals surface area contributed by atoms with Crippen molar-refractivity contribution in [2.24, 2.45) is 0 Å². The third-order valence-electron chi connectivity index (χ3n) is 3.18. The zero-order valence-electron chi connectivity index (χ0n) is 11.8. The zero-order chi connectivity index (χ0) is 14.7. The molecule has 0 spiro atoms. The summed E-state index contributed by atoms with van der Waals surface area (Å²) in [4.78, 5) is 4.54. The van der Waals surface area contributed by atoms with Crippen molar-refractivity contribution >= 4 is 0 Å². The first-order valence-electron chi connectivity index (χ1n) is 6.52. The van der Waals surface area contributed by atoms with E-state index in [1.165, 1.54) is 0 Å². The summed E-state index contributed by atoms with van der Waals surface area (Å²) in [5, 5.41) is 7.22. The summed E-state index contributed by atoms with van der Waals surface area (Å²) in [6.07, 6.45) is 0. The lowest BCUT2D eigenvalue weighted by Gasteiger charge is -2.10. The van der Waals surface area contributed by atoms with E-state index in [1.807, 2.05) is 48.5 Å². The summed E-state index contributed by atoms with van der Waals surface area (Å²) >= 11 is 0. The molecule has 5 nitrogen and oxygen atoms in total. The molecule has 2 aromatic carbocycles. The Morgan fingerprint density at radius 1 is 0.857 bits per heavy atom. The van der Waals surface area contributed by atoms with Gasteiger partial charge in [0.05, 0.1) is 14.2 Å². The van der Waals surface area contributed by atoms with Gasteiger partial charge < -0.3 is 9.47 Å². The molecule has 0 saturated heterocycles. The molecule has 0 radical (unpaired) electrons. The maximum absolute atomic E-state index is 5.39. The van der Waals surface area contributed by atoms with Crippen LogP contribution in [0.2, 0.25) is 0 Å². The van der Waals surface area contributed by atoms with E-state index in [-0.39, 0.29) is 0 Å². The van der Waals surface area contributed by atoms with E-state index < -0.39 is 0 Å². The van der Waals surface area contributed by atoms with Gasteiger partial charge in [0.25, 0.3) is 0 Å². The van der Waals surface area contributed by atoms with Crippen LogP contribution in [-0.4, -0.2) is 29.4 Å².